The van der Waals surface area contributed by atoms with Crippen LogP contribution in [0.2, 0.25) is 0 Å². The Morgan fingerprint density at radius 1 is 1.25 bits per heavy atom. The molecule has 1 heterocycles. The molecule has 1 saturated heterocycles. The molecule has 0 atom stereocenters. The highest BCUT2D eigenvalue weighted by atomic mass is 32.3. The van der Waals surface area contributed by atoms with Gasteiger partial charge in [-0.05, 0) is 12.8 Å². The summed E-state index contributed by atoms with van der Waals surface area (Å²) in [7, 11) is -6.33. The Morgan fingerprint density at radius 2 is 1.80 bits per heavy atom. The second-order valence-electron chi connectivity index (χ2n) is 5.41. The lowest BCUT2D eigenvalue weighted by Gasteiger charge is -2.29. The molecule has 2 amide bonds. The molecular formula is C11H21N3O4S2. The average molecular weight is 323 g/mol. The molecule has 2 aliphatic rings. The van der Waals surface area contributed by atoms with Crippen molar-refractivity contribution in [1.29, 1.82) is 0 Å². The van der Waals surface area contributed by atoms with Crippen LogP contribution in [0.15, 0.2) is 3.77 Å². The topological polar surface area (TPSA) is 95.9 Å². The molecule has 0 aromatic carbocycles. The summed E-state index contributed by atoms with van der Waals surface area (Å²) < 4.78 is 37.9. The van der Waals surface area contributed by atoms with Crippen molar-refractivity contribution in [2.24, 2.45) is 3.77 Å². The Hall–Kier alpha value is -0.830. The van der Waals surface area contributed by atoms with Gasteiger partial charge in [0.05, 0.1) is 27.5 Å². The van der Waals surface area contributed by atoms with E-state index in [4.69, 9.17) is 0 Å². The average Bonchev–Trinajstić information content (AvgIpc) is 2.79. The first kappa shape index (κ1) is 15.6. The van der Waals surface area contributed by atoms with E-state index < -0.39 is 19.8 Å². The quantitative estimate of drug-likeness (QED) is 0.794. The maximum atomic E-state index is 12.2. The van der Waals surface area contributed by atoms with E-state index in [2.05, 4.69) is 9.08 Å². The summed E-state index contributed by atoms with van der Waals surface area (Å²) in [6, 6.07) is 0.104. The second-order valence-corrected chi connectivity index (χ2v) is 9.83. The Kier molecular flexibility index (Phi) is 4.58. The van der Waals surface area contributed by atoms with Crippen LogP contribution in [0.1, 0.15) is 25.7 Å². The van der Waals surface area contributed by atoms with Crippen LogP contribution in [0.5, 0.6) is 0 Å². The third-order valence-electron chi connectivity index (χ3n) is 3.60. The summed E-state index contributed by atoms with van der Waals surface area (Å²) in [5, 5.41) is 2.97. The molecule has 0 unspecified atom stereocenters. The molecule has 116 valence electrons. The van der Waals surface area contributed by atoms with Gasteiger partial charge in [-0.25, -0.2) is 17.4 Å². The largest absolute Gasteiger partial charge is 0.335 e. The van der Waals surface area contributed by atoms with Crippen LogP contribution in [-0.4, -0.2) is 60.5 Å². The van der Waals surface area contributed by atoms with E-state index in [1.165, 1.54) is 0 Å². The summed E-state index contributed by atoms with van der Waals surface area (Å²) >= 11 is 0. The van der Waals surface area contributed by atoms with E-state index in [9.17, 15) is 17.4 Å². The van der Waals surface area contributed by atoms with E-state index in [0.29, 0.717) is 0 Å². The highest BCUT2D eigenvalue weighted by Gasteiger charge is 2.27. The first-order valence-electron chi connectivity index (χ1n) is 6.77. The van der Waals surface area contributed by atoms with Crippen LogP contribution in [-0.2, 0) is 19.8 Å². The third kappa shape index (κ3) is 4.34. The van der Waals surface area contributed by atoms with Crippen LogP contribution in [0.4, 0.5) is 4.79 Å². The van der Waals surface area contributed by atoms with Crippen molar-refractivity contribution in [2.75, 3.05) is 30.9 Å². The van der Waals surface area contributed by atoms with E-state index in [0.717, 1.165) is 31.9 Å². The molecule has 20 heavy (non-hydrogen) atoms. The van der Waals surface area contributed by atoms with Crippen LogP contribution in [0.3, 0.4) is 0 Å². The summed E-state index contributed by atoms with van der Waals surface area (Å²) in [6.07, 6.45) is 5.26. The van der Waals surface area contributed by atoms with Gasteiger partial charge in [-0.1, -0.05) is 12.8 Å². The van der Waals surface area contributed by atoms with Crippen molar-refractivity contribution in [3.05, 3.63) is 0 Å². The lowest BCUT2D eigenvalue weighted by atomic mass is 10.2. The maximum absolute atomic E-state index is 12.2. The zero-order valence-electron chi connectivity index (χ0n) is 11.6. The summed E-state index contributed by atoms with van der Waals surface area (Å²) in [5.74, 6) is 0.246. The fourth-order valence-electron chi connectivity index (χ4n) is 2.58. The van der Waals surface area contributed by atoms with Gasteiger partial charge < -0.3 is 10.2 Å². The normalized spacial score (nSPS) is 23.6. The molecule has 1 aliphatic carbocycles. The lowest BCUT2D eigenvalue weighted by molar-refractivity contribution is 0.198. The minimum Gasteiger partial charge on any atom is -0.335 e. The van der Waals surface area contributed by atoms with Gasteiger partial charge in [0.15, 0.2) is 0 Å². The fourth-order valence-corrected chi connectivity index (χ4v) is 6.37. The number of hydrogen-bond acceptors (Lipinski definition) is 4. The predicted octanol–water partition coefficient (Wildman–Crippen LogP) is 0.382. The molecule has 0 aromatic heterocycles. The van der Waals surface area contributed by atoms with Crippen molar-refractivity contribution in [1.82, 2.24) is 10.2 Å². The van der Waals surface area contributed by atoms with Gasteiger partial charge in [0.1, 0.15) is 0 Å². The summed E-state index contributed by atoms with van der Waals surface area (Å²) in [5.41, 5.74) is 0. The van der Waals surface area contributed by atoms with Crippen molar-refractivity contribution >= 4 is 25.8 Å². The minimum atomic E-state index is -3.61. The van der Waals surface area contributed by atoms with Crippen LogP contribution in [0.25, 0.3) is 0 Å². The molecule has 0 aromatic rings. The molecule has 9 heteroatoms. The first-order valence-corrected chi connectivity index (χ1v) is 10.5. The van der Waals surface area contributed by atoms with E-state index in [-0.39, 0.29) is 36.7 Å². The number of hydrogen-bond donors (Lipinski definition) is 1. The number of rotatable bonds is 2. The molecule has 7 nitrogen and oxygen atoms in total. The Morgan fingerprint density at radius 3 is 2.30 bits per heavy atom. The van der Waals surface area contributed by atoms with E-state index in [1.54, 1.807) is 4.90 Å². The van der Waals surface area contributed by atoms with Crippen LogP contribution < -0.4 is 5.32 Å². The third-order valence-corrected chi connectivity index (χ3v) is 7.41. The number of sulfonamides is 1. The molecule has 0 radical (unpaired) electrons. The first-order chi connectivity index (χ1) is 9.27. The number of nitrogens with zero attached hydrogens (tertiary/aromatic N) is 2. The van der Waals surface area contributed by atoms with Crippen molar-refractivity contribution in [3.8, 4) is 0 Å². The maximum Gasteiger partial charge on any atom is 0.317 e. The molecule has 0 spiro atoms. The molecule has 1 aliphatic heterocycles. The van der Waals surface area contributed by atoms with Gasteiger partial charge in [-0.15, -0.1) is 3.77 Å². The second kappa shape index (κ2) is 5.88. The number of nitrogens with one attached hydrogen (secondary N) is 1. The molecule has 0 bridgehead atoms. The smallest absolute Gasteiger partial charge is 0.317 e. The number of carbonyl (C=O) groups excluding carboxylic acids is 1. The van der Waals surface area contributed by atoms with Crippen molar-refractivity contribution in [3.63, 3.8) is 0 Å². The zero-order valence-corrected chi connectivity index (χ0v) is 13.2. The van der Waals surface area contributed by atoms with Gasteiger partial charge in [0.25, 0.3) is 10.0 Å². The lowest BCUT2D eigenvalue weighted by Crippen LogP contribution is -2.50. The van der Waals surface area contributed by atoms with Crippen molar-refractivity contribution in [2.45, 2.75) is 31.7 Å². The monoisotopic (exact) mass is 323 g/mol. The van der Waals surface area contributed by atoms with E-state index >= 15 is 0 Å². The fraction of sp³-hybridized carbons (Fsp3) is 0.909. The Labute approximate surface area is 120 Å². The summed E-state index contributed by atoms with van der Waals surface area (Å²) in [6.45, 7) is 0.576. The van der Waals surface area contributed by atoms with Gasteiger partial charge in [0, 0.05) is 19.1 Å². The van der Waals surface area contributed by atoms with Gasteiger partial charge in [-0.3, -0.25) is 0 Å². The van der Waals surface area contributed by atoms with Gasteiger partial charge in [-0.2, -0.15) is 0 Å². The highest BCUT2D eigenvalue weighted by Crippen LogP contribution is 2.18. The SMILES string of the molecule is CS(=O)(=O)N=S1(=O)CCN(C(=O)NC2CCCC2)CC1. The molecular weight excluding hydrogens is 302 g/mol. The van der Waals surface area contributed by atoms with Gasteiger partial charge >= 0.3 is 6.03 Å². The molecule has 1 saturated carbocycles. The Bertz CT molecular complexity index is 573. The van der Waals surface area contributed by atoms with Crippen LogP contribution >= 0.6 is 0 Å². The molecule has 1 N–H and O–H groups in total. The molecule has 2 rings (SSSR count). The standard InChI is InChI=1S/C11H21N3O4S2/c1-19(16,17)13-20(18)8-6-14(7-9-20)11(15)12-10-4-2-3-5-10/h10H,2-9H2,1H3,(H,12,15). The zero-order chi connectivity index (χ0) is 14.8. The van der Waals surface area contributed by atoms with Crippen molar-refractivity contribution < 1.29 is 17.4 Å². The van der Waals surface area contributed by atoms with Gasteiger partial charge in [0.2, 0.25) is 0 Å². The predicted molar refractivity (Wildman–Crippen MR) is 77.5 cm³/mol. The molecule has 2 fully saturated rings. The highest BCUT2D eigenvalue weighted by molar-refractivity contribution is 8.03. The summed E-state index contributed by atoms with van der Waals surface area (Å²) in [4.78, 5) is 13.6. The Balaban J connectivity index is 1.92. The number of amides is 2. The van der Waals surface area contributed by atoms with E-state index in [1.807, 2.05) is 0 Å². The van der Waals surface area contributed by atoms with Crippen LogP contribution in [0, 0.1) is 0 Å². The number of urea groups is 1. The minimum absolute atomic E-state index is 0.123. The number of carbonyl (C=O) groups is 1.